The van der Waals surface area contributed by atoms with E-state index in [-0.39, 0.29) is 6.61 Å². The van der Waals surface area contributed by atoms with E-state index in [1.807, 2.05) is 18.2 Å². The van der Waals surface area contributed by atoms with Gasteiger partial charge >= 0.3 is 5.97 Å². The number of aliphatic hydroxyl groups is 1. The number of aromatic nitrogens is 1. The molecule has 7 heteroatoms. The molecule has 21 heavy (non-hydrogen) atoms. The van der Waals surface area contributed by atoms with Gasteiger partial charge in [-0.1, -0.05) is 22.0 Å². The number of hydrogen-bond donors (Lipinski definition) is 1. The van der Waals surface area contributed by atoms with Gasteiger partial charge in [-0.15, -0.1) is 0 Å². The summed E-state index contributed by atoms with van der Waals surface area (Å²) in [5.41, 5.74) is -1.11. The van der Waals surface area contributed by atoms with E-state index >= 15 is 0 Å². The Morgan fingerprint density at radius 1 is 1.43 bits per heavy atom. The zero-order valence-electron chi connectivity index (χ0n) is 11.4. The SMILES string of the molecule is COC(=O)C(C)(O)COc1c(Br)cc(Br)c2cccnc12. The molecule has 0 saturated carbocycles. The van der Waals surface area contributed by atoms with E-state index in [1.54, 1.807) is 6.20 Å². The Bertz CT molecular complexity index is 688. The molecule has 1 atom stereocenters. The van der Waals surface area contributed by atoms with Crippen molar-refractivity contribution in [1.29, 1.82) is 0 Å². The number of esters is 1. The number of carbonyl (C=O) groups is 1. The Labute approximate surface area is 138 Å². The summed E-state index contributed by atoms with van der Waals surface area (Å²) in [5.74, 6) is -0.300. The van der Waals surface area contributed by atoms with Crippen LogP contribution in [0.1, 0.15) is 6.92 Å². The molecule has 112 valence electrons. The average Bonchev–Trinajstić information content (AvgIpc) is 2.46. The smallest absolute Gasteiger partial charge is 0.341 e. The van der Waals surface area contributed by atoms with Crippen molar-refractivity contribution >= 4 is 48.7 Å². The Morgan fingerprint density at radius 2 is 2.14 bits per heavy atom. The van der Waals surface area contributed by atoms with E-state index in [9.17, 15) is 9.90 Å². The second-order valence-electron chi connectivity index (χ2n) is 4.62. The third-order valence-electron chi connectivity index (χ3n) is 2.87. The van der Waals surface area contributed by atoms with Crippen molar-refractivity contribution in [2.24, 2.45) is 0 Å². The molecular weight excluding hydrogens is 406 g/mol. The quantitative estimate of drug-likeness (QED) is 0.772. The highest BCUT2D eigenvalue weighted by Crippen LogP contribution is 2.37. The van der Waals surface area contributed by atoms with Crippen LogP contribution in [0.4, 0.5) is 0 Å². The maximum absolute atomic E-state index is 11.5. The molecule has 1 unspecified atom stereocenters. The van der Waals surface area contributed by atoms with Crippen LogP contribution in [0.15, 0.2) is 33.3 Å². The summed E-state index contributed by atoms with van der Waals surface area (Å²) in [6.45, 7) is 1.09. The zero-order valence-corrected chi connectivity index (χ0v) is 14.6. The predicted octanol–water partition coefficient (Wildman–Crippen LogP) is 3.06. The number of ether oxygens (including phenoxy) is 2. The number of methoxy groups -OCH3 is 1. The molecule has 0 radical (unpaired) electrons. The molecule has 1 aromatic carbocycles. The van der Waals surface area contributed by atoms with Crippen LogP contribution in [0, 0.1) is 0 Å². The van der Waals surface area contributed by atoms with Crippen molar-refractivity contribution in [2.45, 2.75) is 12.5 Å². The van der Waals surface area contributed by atoms with Crippen molar-refractivity contribution < 1.29 is 19.4 Å². The first kappa shape index (κ1) is 16.2. The first-order valence-corrected chi connectivity index (χ1v) is 7.61. The summed E-state index contributed by atoms with van der Waals surface area (Å²) in [7, 11) is 1.21. The highest BCUT2D eigenvalue weighted by molar-refractivity contribution is 9.11. The fourth-order valence-electron chi connectivity index (χ4n) is 1.78. The van der Waals surface area contributed by atoms with Gasteiger partial charge in [0.25, 0.3) is 0 Å². The molecule has 0 aliphatic rings. The Hall–Kier alpha value is -1.18. The number of fused-ring (bicyclic) bond motifs is 1. The lowest BCUT2D eigenvalue weighted by Gasteiger charge is -2.21. The molecule has 0 fully saturated rings. The molecule has 5 nitrogen and oxygen atoms in total. The monoisotopic (exact) mass is 417 g/mol. The molecule has 2 aromatic rings. The summed E-state index contributed by atoms with van der Waals surface area (Å²) >= 11 is 6.86. The first-order chi connectivity index (χ1) is 9.86. The average molecular weight is 419 g/mol. The molecule has 2 rings (SSSR count). The minimum Gasteiger partial charge on any atom is -0.486 e. The molecule has 0 aliphatic carbocycles. The van der Waals surface area contributed by atoms with E-state index in [4.69, 9.17) is 4.74 Å². The number of nitrogens with zero attached hydrogens (tertiary/aromatic N) is 1. The largest absolute Gasteiger partial charge is 0.486 e. The lowest BCUT2D eigenvalue weighted by Crippen LogP contribution is -2.42. The van der Waals surface area contributed by atoms with Gasteiger partial charge in [0.2, 0.25) is 0 Å². The maximum Gasteiger partial charge on any atom is 0.341 e. The van der Waals surface area contributed by atoms with Gasteiger partial charge in [-0.2, -0.15) is 0 Å². The molecule has 0 bridgehead atoms. The van der Waals surface area contributed by atoms with Crippen LogP contribution < -0.4 is 4.74 Å². The molecule has 0 saturated heterocycles. The molecular formula is C14H13Br2NO4. The lowest BCUT2D eigenvalue weighted by molar-refractivity contribution is -0.163. The van der Waals surface area contributed by atoms with E-state index in [1.165, 1.54) is 14.0 Å². The van der Waals surface area contributed by atoms with Gasteiger partial charge < -0.3 is 14.6 Å². The van der Waals surface area contributed by atoms with Gasteiger partial charge in [-0.25, -0.2) is 4.79 Å². The second kappa shape index (κ2) is 6.29. The van der Waals surface area contributed by atoms with E-state index < -0.39 is 11.6 Å². The molecule has 0 aliphatic heterocycles. The minimum absolute atomic E-state index is 0.244. The summed E-state index contributed by atoms with van der Waals surface area (Å²) in [6.07, 6.45) is 1.65. The van der Waals surface area contributed by atoms with Crippen LogP contribution in [0.25, 0.3) is 10.9 Å². The van der Waals surface area contributed by atoms with Crippen LogP contribution in [0.2, 0.25) is 0 Å². The van der Waals surface area contributed by atoms with Crippen LogP contribution >= 0.6 is 31.9 Å². The number of halogens is 2. The van der Waals surface area contributed by atoms with E-state index in [2.05, 4.69) is 41.6 Å². The molecule has 1 aromatic heterocycles. The van der Waals surface area contributed by atoms with E-state index in [0.29, 0.717) is 15.7 Å². The highest BCUT2D eigenvalue weighted by atomic mass is 79.9. The van der Waals surface area contributed by atoms with Crippen molar-refractivity contribution in [3.63, 3.8) is 0 Å². The highest BCUT2D eigenvalue weighted by Gasteiger charge is 2.33. The first-order valence-electron chi connectivity index (χ1n) is 6.03. The summed E-state index contributed by atoms with van der Waals surface area (Å²) in [5, 5.41) is 10.9. The predicted molar refractivity (Wildman–Crippen MR) is 85.3 cm³/mol. The number of pyridine rings is 1. The van der Waals surface area contributed by atoms with Gasteiger partial charge in [-0.05, 0) is 35.0 Å². The Balaban J connectivity index is 2.37. The van der Waals surface area contributed by atoms with Gasteiger partial charge in [-0.3, -0.25) is 4.98 Å². The normalized spacial score (nSPS) is 13.8. The third kappa shape index (κ3) is 3.36. The third-order valence-corrected chi connectivity index (χ3v) is 4.12. The molecule has 0 amide bonds. The Kier molecular flexibility index (Phi) is 4.85. The topological polar surface area (TPSA) is 68.7 Å². The van der Waals surface area contributed by atoms with Crippen molar-refractivity contribution in [3.05, 3.63) is 33.3 Å². The second-order valence-corrected chi connectivity index (χ2v) is 6.33. The van der Waals surface area contributed by atoms with Crippen LogP contribution in [0.3, 0.4) is 0 Å². The summed E-state index contributed by atoms with van der Waals surface area (Å²) in [6, 6.07) is 5.53. The summed E-state index contributed by atoms with van der Waals surface area (Å²) in [4.78, 5) is 15.8. The number of benzene rings is 1. The maximum atomic E-state index is 11.5. The standard InChI is InChI=1S/C14H13Br2NO4/c1-14(19,13(18)20-2)7-21-12-10(16)6-9(15)8-4-3-5-17-11(8)12/h3-6,19H,7H2,1-2H3. The van der Waals surface area contributed by atoms with Gasteiger partial charge in [0.1, 0.15) is 12.1 Å². The van der Waals surface area contributed by atoms with Crippen LogP contribution in [-0.2, 0) is 9.53 Å². The number of carbonyl (C=O) groups excluding carboxylic acids is 1. The van der Waals surface area contributed by atoms with Gasteiger partial charge in [0.15, 0.2) is 11.4 Å². The van der Waals surface area contributed by atoms with Gasteiger partial charge in [0, 0.05) is 16.1 Å². The zero-order chi connectivity index (χ0) is 15.6. The van der Waals surface area contributed by atoms with Crippen LogP contribution in [0.5, 0.6) is 5.75 Å². The fraction of sp³-hybridized carbons (Fsp3) is 0.286. The molecule has 1 N–H and O–H groups in total. The fourth-order valence-corrected chi connectivity index (χ4v) is 3.16. The van der Waals surface area contributed by atoms with E-state index in [0.717, 1.165) is 9.86 Å². The van der Waals surface area contributed by atoms with Gasteiger partial charge in [0.05, 0.1) is 11.6 Å². The lowest BCUT2D eigenvalue weighted by atomic mass is 10.1. The number of rotatable bonds is 4. The molecule has 1 heterocycles. The Morgan fingerprint density at radius 3 is 2.81 bits per heavy atom. The minimum atomic E-state index is -1.73. The number of hydrogen-bond acceptors (Lipinski definition) is 5. The van der Waals surface area contributed by atoms with Crippen molar-refractivity contribution in [3.8, 4) is 5.75 Å². The summed E-state index contributed by atoms with van der Waals surface area (Å²) < 4.78 is 11.7. The van der Waals surface area contributed by atoms with Crippen LogP contribution in [-0.4, -0.2) is 35.4 Å². The van der Waals surface area contributed by atoms with Crippen molar-refractivity contribution in [2.75, 3.05) is 13.7 Å². The van der Waals surface area contributed by atoms with Crippen molar-refractivity contribution in [1.82, 2.24) is 4.98 Å². The molecule has 0 spiro atoms.